The first-order valence-corrected chi connectivity index (χ1v) is 7.29. The van der Waals surface area contributed by atoms with Crippen molar-refractivity contribution in [2.45, 2.75) is 13.3 Å². The van der Waals surface area contributed by atoms with Crippen molar-refractivity contribution < 1.29 is 14.3 Å². The number of rotatable bonds is 6. The van der Waals surface area contributed by atoms with Crippen LogP contribution in [-0.2, 0) is 4.74 Å². The van der Waals surface area contributed by atoms with Crippen LogP contribution in [0.1, 0.15) is 23.7 Å². The highest BCUT2D eigenvalue weighted by atomic mass is 16.5. The van der Waals surface area contributed by atoms with Gasteiger partial charge in [-0.25, -0.2) is 0 Å². The molecule has 0 saturated carbocycles. The molecule has 1 heterocycles. The van der Waals surface area contributed by atoms with Crippen molar-refractivity contribution in [3.05, 3.63) is 29.8 Å². The van der Waals surface area contributed by atoms with E-state index >= 15 is 0 Å². The molecule has 1 atom stereocenters. The monoisotopic (exact) mass is 292 g/mol. The number of ether oxygens (including phenoxy) is 2. The third-order valence-electron chi connectivity index (χ3n) is 4.00. The molecule has 21 heavy (non-hydrogen) atoms. The van der Waals surface area contributed by atoms with E-state index in [9.17, 15) is 4.79 Å². The highest BCUT2D eigenvalue weighted by Crippen LogP contribution is 2.29. The fourth-order valence-electron chi connectivity index (χ4n) is 2.48. The largest absolute Gasteiger partial charge is 0.491 e. The number of methoxy groups -OCH3 is 1. The van der Waals surface area contributed by atoms with Gasteiger partial charge in [-0.3, -0.25) is 4.79 Å². The predicted octanol–water partition coefficient (Wildman–Crippen LogP) is 1.52. The molecule has 1 aromatic carbocycles. The standard InChI is InChI=1S/C16H24N2O3/c1-16(11-17)7-8-18(12-16)15(19)13-3-5-14(6-4-13)21-10-9-20-2/h3-6H,7-12,17H2,1-2H3. The van der Waals surface area contributed by atoms with E-state index in [1.807, 2.05) is 29.2 Å². The average molecular weight is 292 g/mol. The van der Waals surface area contributed by atoms with Crippen LogP contribution in [0.4, 0.5) is 0 Å². The number of benzene rings is 1. The van der Waals surface area contributed by atoms with Crippen molar-refractivity contribution in [2.75, 3.05) is 40.0 Å². The van der Waals surface area contributed by atoms with Crippen molar-refractivity contribution in [3.63, 3.8) is 0 Å². The minimum atomic E-state index is 0.0544. The highest BCUT2D eigenvalue weighted by molar-refractivity contribution is 5.94. The second-order valence-corrected chi connectivity index (χ2v) is 5.86. The number of likely N-dealkylation sites (tertiary alicyclic amines) is 1. The quantitative estimate of drug-likeness (QED) is 0.807. The van der Waals surface area contributed by atoms with E-state index in [0.717, 1.165) is 25.3 Å². The molecule has 1 aromatic rings. The zero-order valence-electron chi connectivity index (χ0n) is 12.8. The van der Waals surface area contributed by atoms with Gasteiger partial charge in [0, 0.05) is 25.8 Å². The normalized spacial score (nSPS) is 21.6. The van der Waals surface area contributed by atoms with Crippen LogP contribution in [0.5, 0.6) is 5.75 Å². The summed E-state index contributed by atoms with van der Waals surface area (Å²) in [6, 6.07) is 7.26. The zero-order chi connectivity index (χ0) is 15.3. The maximum atomic E-state index is 12.4. The van der Waals surface area contributed by atoms with Gasteiger partial charge in [-0.1, -0.05) is 6.92 Å². The first kappa shape index (κ1) is 15.8. The number of nitrogens with zero attached hydrogens (tertiary/aromatic N) is 1. The Balaban J connectivity index is 1.94. The Kier molecular flexibility index (Phi) is 5.20. The van der Waals surface area contributed by atoms with Crippen molar-refractivity contribution in [2.24, 2.45) is 11.1 Å². The van der Waals surface area contributed by atoms with Gasteiger partial charge in [-0.2, -0.15) is 0 Å². The number of hydrogen-bond acceptors (Lipinski definition) is 4. The number of carbonyl (C=O) groups excluding carboxylic acids is 1. The third kappa shape index (κ3) is 3.95. The molecule has 1 aliphatic heterocycles. The van der Waals surface area contributed by atoms with Crippen LogP contribution >= 0.6 is 0 Å². The van der Waals surface area contributed by atoms with E-state index in [1.165, 1.54) is 0 Å². The Morgan fingerprint density at radius 3 is 2.62 bits per heavy atom. The molecule has 5 heteroatoms. The Bertz CT molecular complexity index is 475. The van der Waals surface area contributed by atoms with Crippen LogP contribution in [0.25, 0.3) is 0 Å². The second kappa shape index (κ2) is 6.91. The summed E-state index contributed by atoms with van der Waals surface area (Å²) in [7, 11) is 1.64. The molecule has 5 nitrogen and oxygen atoms in total. The molecule has 1 fully saturated rings. The second-order valence-electron chi connectivity index (χ2n) is 5.86. The Hall–Kier alpha value is -1.59. The lowest BCUT2D eigenvalue weighted by Crippen LogP contribution is -2.34. The topological polar surface area (TPSA) is 64.8 Å². The molecule has 2 rings (SSSR count). The summed E-state index contributed by atoms with van der Waals surface area (Å²) in [5.41, 5.74) is 6.53. The number of nitrogens with two attached hydrogens (primary N) is 1. The van der Waals surface area contributed by atoms with E-state index in [4.69, 9.17) is 15.2 Å². The fourth-order valence-corrected chi connectivity index (χ4v) is 2.48. The Labute approximate surface area is 126 Å². The van der Waals surface area contributed by atoms with Gasteiger partial charge < -0.3 is 20.1 Å². The maximum absolute atomic E-state index is 12.4. The van der Waals surface area contributed by atoms with E-state index in [1.54, 1.807) is 7.11 Å². The molecule has 0 aliphatic carbocycles. The van der Waals surface area contributed by atoms with Gasteiger partial charge in [0.05, 0.1) is 6.61 Å². The first-order chi connectivity index (χ1) is 10.1. The van der Waals surface area contributed by atoms with Crippen LogP contribution in [0, 0.1) is 5.41 Å². The number of amides is 1. The highest BCUT2D eigenvalue weighted by Gasteiger charge is 2.35. The van der Waals surface area contributed by atoms with Gasteiger partial charge in [-0.05, 0) is 42.6 Å². The fraction of sp³-hybridized carbons (Fsp3) is 0.562. The lowest BCUT2D eigenvalue weighted by molar-refractivity contribution is 0.0777. The first-order valence-electron chi connectivity index (χ1n) is 7.29. The summed E-state index contributed by atoms with van der Waals surface area (Å²) in [6.07, 6.45) is 0.966. The number of hydrogen-bond donors (Lipinski definition) is 1. The molecule has 0 radical (unpaired) electrons. The van der Waals surface area contributed by atoms with Crippen molar-refractivity contribution in [1.82, 2.24) is 4.90 Å². The summed E-state index contributed by atoms with van der Waals surface area (Å²) in [4.78, 5) is 14.3. The van der Waals surface area contributed by atoms with Crippen LogP contribution in [0.15, 0.2) is 24.3 Å². The summed E-state index contributed by atoms with van der Waals surface area (Å²) in [5.74, 6) is 0.812. The van der Waals surface area contributed by atoms with E-state index in [0.29, 0.717) is 25.3 Å². The Morgan fingerprint density at radius 1 is 1.33 bits per heavy atom. The molecule has 116 valence electrons. The van der Waals surface area contributed by atoms with E-state index in [-0.39, 0.29) is 11.3 Å². The van der Waals surface area contributed by atoms with Crippen LogP contribution in [-0.4, -0.2) is 50.8 Å². The molecule has 1 saturated heterocycles. The van der Waals surface area contributed by atoms with Gasteiger partial charge in [0.1, 0.15) is 12.4 Å². The van der Waals surface area contributed by atoms with Crippen molar-refractivity contribution >= 4 is 5.91 Å². The Morgan fingerprint density at radius 2 is 2.05 bits per heavy atom. The summed E-state index contributed by atoms with van der Waals surface area (Å²) < 4.78 is 10.4. The van der Waals surface area contributed by atoms with Crippen molar-refractivity contribution in [1.29, 1.82) is 0 Å². The molecule has 0 spiro atoms. The lowest BCUT2D eigenvalue weighted by Gasteiger charge is -2.22. The van der Waals surface area contributed by atoms with Gasteiger partial charge >= 0.3 is 0 Å². The molecule has 1 unspecified atom stereocenters. The molecule has 1 amide bonds. The summed E-state index contributed by atoms with van der Waals surface area (Å²) >= 11 is 0. The smallest absolute Gasteiger partial charge is 0.253 e. The molecular formula is C16H24N2O3. The van der Waals surface area contributed by atoms with E-state index in [2.05, 4.69) is 6.92 Å². The molecular weight excluding hydrogens is 268 g/mol. The summed E-state index contributed by atoms with van der Waals surface area (Å²) in [6.45, 7) is 5.31. The maximum Gasteiger partial charge on any atom is 0.253 e. The van der Waals surface area contributed by atoms with E-state index < -0.39 is 0 Å². The average Bonchev–Trinajstić information content (AvgIpc) is 2.91. The van der Waals surface area contributed by atoms with Crippen molar-refractivity contribution in [3.8, 4) is 5.75 Å². The van der Waals surface area contributed by atoms with Gasteiger partial charge in [0.2, 0.25) is 0 Å². The molecule has 1 aliphatic rings. The third-order valence-corrected chi connectivity index (χ3v) is 4.00. The summed E-state index contributed by atoms with van der Waals surface area (Å²) in [5, 5.41) is 0. The van der Waals surface area contributed by atoms with Gasteiger partial charge in [-0.15, -0.1) is 0 Å². The SMILES string of the molecule is COCCOc1ccc(C(=O)N2CCC(C)(CN)C2)cc1. The van der Waals surface area contributed by atoms with Gasteiger partial charge in [0.15, 0.2) is 0 Å². The minimum Gasteiger partial charge on any atom is -0.491 e. The minimum absolute atomic E-state index is 0.0544. The molecule has 0 aromatic heterocycles. The zero-order valence-corrected chi connectivity index (χ0v) is 12.8. The molecule has 0 bridgehead atoms. The van der Waals surface area contributed by atoms with Gasteiger partial charge in [0.25, 0.3) is 5.91 Å². The number of carbonyl (C=O) groups is 1. The van der Waals surface area contributed by atoms with Crippen LogP contribution in [0.2, 0.25) is 0 Å². The predicted molar refractivity (Wildman–Crippen MR) is 81.5 cm³/mol. The van der Waals surface area contributed by atoms with Crippen LogP contribution in [0.3, 0.4) is 0 Å². The van der Waals surface area contributed by atoms with Crippen LogP contribution < -0.4 is 10.5 Å². The molecule has 2 N–H and O–H groups in total. The lowest BCUT2D eigenvalue weighted by atomic mass is 9.90.